The van der Waals surface area contributed by atoms with Gasteiger partial charge in [-0.3, -0.25) is 14.6 Å². The lowest BCUT2D eigenvalue weighted by Gasteiger charge is -2.35. The number of aryl methyl sites for hydroxylation is 1. The van der Waals surface area contributed by atoms with Crippen LogP contribution < -0.4 is 0 Å². The summed E-state index contributed by atoms with van der Waals surface area (Å²) in [5.74, 6) is 0.332. The lowest BCUT2D eigenvalue weighted by molar-refractivity contribution is -0.132. The molecule has 0 saturated carbocycles. The second kappa shape index (κ2) is 9.64. The average molecular weight is 365 g/mol. The summed E-state index contributed by atoms with van der Waals surface area (Å²) in [7, 11) is 0. The first-order chi connectivity index (χ1) is 12.2. The second-order valence-corrected chi connectivity index (χ2v) is 8.27. The van der Waals surface area contributed by atoms with Gasteiger partial charge in [0.25, 0.3) is 0 Å². The van der Waals surface area contributed by atoms with Crippen LogP contribution in [0.5, 0.6) is 0 Å². The van der Waals surface area contributed by atoms with Crippen LogP contribution in [-0.4, -0.2) is 71.4 Å². The number of piperazine rings is 1. The molecule has 1 aromatic rings. The van der Waals surface area contributed by atoms with Crippen LogP contribution in [0.3, 0.4) is 0 Å². The zero-order valence-electron chi connectivity index (χ0n) is 15.6. The van der Waals surface area contributed by atoms with Crippen LogP contribution in [0, 0.1) is 0 Å². The Morgan fingerprint density at radius 2 is 1.72 bits per heavy atom. The maximum Gasteiger partial charge on any atom is 0.236 e. The summed E-state index contributed by atoms with van der Waals surface area (Å²) in [4.78, 5) is 24.1. The van der Waals surface area contributed by atoms with Crippen LogP contribution in [-0.2, 0) is 17.8 Å². The van der Waals surface area contributed by atoms with Crippen LogP contribution in [0.1, 0.15) is 49.7 Å². The average Bonchev–Trinajstić information content (AvgIpc) is 2.88. The smallest absolute Gasteiger partial charge is 0.236 e. The molecule has 0 radical (unpaired) electrons. The molecule has 2 aliphatic heterocycles. The quantitative estimate of drug-likeness (QED) is 0.778. The Morgan fingerprint density at radius 1 is 1.04 bits per heavy atom. The number of carbonyl (C=O) groups is 1. The molecule has 0 bridgehead atoms. The first-order valence-corrected chi connectivity index (χ1v) is 10.8. The molecule has 0 aromatic carbocycles. The van der Waals surface area contributed by atoms with Crippen molar-refractivity contribution >= 4 is 17.2 Å². The normalized spacial score (nSPS) is 20.6. The lowest BCUT2D eigenvalue weighted by Crippen LogP contribution is -2.49. The SMILES string of the molecule is CCCc1nc(CN2CCN(CC(=O)N3CCCCCC3)CC2)cs1. The fourth-order valence-electron chi connectivity index (χ4n) is 3.70. The molecular formula is C19H32N4OS. The molecule has 0 aliphatic carbocycles. The van der Waals surface area contributed by atoms with Crippen molar-refractivity contribution in [1.82, 2.24) is 19.7 Å². The van der Waals surface area contributed by atoms with Crippen molar-refractivity contribution < 1.29 is 4.79 Å². The molecule has 2 aliphatic rings. The van der Waals surface area contributed by atoms with Gasteiger partial charge in [0.1, 0.15) is 0 Å². The van der Waals surface area contributed by atoms with E-state index in [0.717, 1.165) is 58.7 Å². The molecule has 1 amide bonds. The molecule has 5 nitrogen and oxygen atoms in total. The Bertz CT molecular complexity index is 531. The maximum atomic E-state index is 12.5. The number of aromatic nitrogens is 1. The molecule has 2 saturated heterocycles. The molecule has 6 heteroatoms. The molecule has 0 spiro atoms. The monoisotopic (exact) mass is 364 g/mol. The van der Waals surface area contributed by atoms with Crippen LogP contribution in [0.4, 0.5) is 0 Å². The van der Waals surface area contributed by atoms with Gasteiger partial charge in [0.05, 0.1) is 17.2 Å². The number of thiazole rings is 1. The van der Waals surface area contributed by atoms with Gasteiger partial charge in [-0.25, -0.2) is 4.98 Å². The highest BCUT2D eigenvalue weighted by Gasteiger charge is 2.22. The Hall–Kier alpha value is -0.980. The number of carbonyl (C=O) groups excluding carboxylic acids is 1. The highest BCUT2D eigenvalue weighted by molar-refractivity contribution is 7.09. The zero-order valence-corrected chi connectivity index (χ0v) is 16.4. The van der Waals surface area contributed by atoms with Gasteiger partial charge in [0.2, 0.25) is 5.91 Å². The van der Waals surface area contributed by atoms with Crippen LogP contribution in [0.25, 0.3) is 0 Å². The highest BCUT2D eigenvalue weighted by Crippen LogP contribution is 2.15. The summed E-state index contributed by atoms with van der Waals surface area (Å²) in [5.41, 5.74) is 1.21. The summed E-state index contributed by atoms with van der Waals surface area (Å²) in [6.07, 6.45) is 7.16. The third-order valence-electron chi connectivity index (χ3n) is 5.23. The second-order valence-electron chi connectivity index (χ2n) is 7.33. The molecule has 3 heterocycles. The number of likely N-dealkylation sites (tertiary alicyclic amines) is 1. The van der Waals surface area contributed by atoms with Gasteiger partial charge in [-0.15, -0.1) is 11.3 Å². The van der Waals surface area contributed by atoms with Crippen molar-refractivity contribution in [2.75, 3.05) is 45.8 Å². The molecule has 0 atom stereocenters. The molecular weight excluding hydrogens is 332 g/mol. The standard InChI is InChI=1S/C19H32N4OS/c1-2-7-18-20-17(16-25-18)14-21-10-12-22(13-11-21)15-19(24)23-8-5-3-4-6-9-23/h16H,2-15H2,1H3. The summed E-state index contributed by atoms with van der Waals surface area (Å²) in [6, 6.07) is 0. The Morgan fingerprint density at radius 3 is 2.40 bits per heavy atom. The number of nitrogens with zero attached hydrogens (tertiary/aromatic N) is 4. The predicted octanol–water partition coefficient (Wildman–Crippen LogP) is 2.62. The molecule has 3 rings (SSSR count). The Kier molecular flexibility index (Phi) is 7.25. The van der Waals surface area contributed by atoms with Crippen molar-refractivity contribution in [1.29, 1.82) is 0 Å². The van der Waals surface area contributed by atoms with E-state index in [9.17, 15) is 4.79 Å². The van der Waals surface area contributed by atoms with E-state index in [0.29, 0.717) is 12.5 Å². The lowest BCUT2D eigenvalue weighted by atomic mass is 10.2. The van der Waals surface area contributed by atoms with Gasteiger partial charge >= 0.3 is 0 Å². The summed E-state index contributed by atoms with van der Waals surface area (Å²) < 4.78 is 0. The van der Waals surface area contributed by atoms with Gasteiger partial charge in [-0.2, -0.15) is 0 Å². The van der Waals surface area contributed by atoms with Crippen LogP contribution in [0.15, 0.2) is 5.38 Å². The van der Waals surface area contributed by atoms with Crippen molar-refractivity contribution in [3.05, 3.63) is 16.1 Å². The van der Waals surface area contributed by atoms with E-state index in [-0.39, 0.29) is 0 Å². The van der Waals surface area contributed by atoms with Gasteiger partial charge < -0.3 is 4.90 Å². The van der Waals surface area contributed by atoms with E-state index in [2.05, 4.69) is 27.0 Å². The third kappa shape index (κ3) is 5.76. The number of rotatable bonds is 6. The number of amides is 1. The van der Waals surface area contributed by atoms with Gasteiger partial charge in [-0.1, -0.05) is 19.8 Å². The zero-order chi connectivity index (χ0) is 17.5. The van der Waals surface area contributed by atoms with Gasteiger partial charge in [0.15, 0.2) is 0 Å². The first-order valence-electron chi connectivity index (χ1n) is 9.90. The van der Waals surface area contributed by atoms with Gasteiger partial charge in [0, 0.05) is 51.2 Å². The van der Waals surface area contributed by atoms with E-state index in [1.807, 2.05) is 0 Å². The van der Waals surface area contributed by atoms with E-state index >= 15 is 0 Å². The van der Waals surface area contributed by atoms with Crippen molar-refractivity contribution in [3.63, 3.8) is 0 Å². The fraction of sp³-hybridized carbons (Fsp3) is 0.789. The van der Waals surface area contributed by atoms with Crippen molar-refractivity contribution in [2.45, 2.75) is 52.0 Å². The topological polar surface area (TPSA) is 39.7 Å². The van der Waals surface area contributed by atoms with Crippen LogP contribution >= 0.6 is 11.3 Å². The minimum absolute atomic E-state index is 0.332. The summed E-state index contributed by atoms with van der Waals surface area (Å²) >= 11 is 1.79. The van der Waals surface area contributed by atoms with Crippen molar-refractivity contribution in [3.8, 4) is 0 Å². The van der Waals surface area contributed by atoms with Gasteiger partial charge in [-0.05, 0) is 25.7 Å². The largest absolute Gasteiger partial charge is 0.342 e. The predicted molar refractivity (Wildman–Crippen MR) is 103 cm³/mol. The Balaban J connectivity index is 1.39. The van der Waals surface area contributed by atoms with E-state index in [1.54, 1.807) is 11.3 Å². The fourth-order valence-corrected chi connectivity index (χ4v) is 4.59. The molecule has 140 valence electrons. The molecule has 2 fully saturated rings. The minimum Gasteiger partial charge on any atom is -0.342 e. The Labute approximate surface area is 156 Å². The maximum absolute atomic E-state index is 12.5. The number of hydrogen-bond acceptors (Lipinski definition) is 5. The summed E-state index contributed by atoms with van der Waals surface area (Å²) in [6.45, 7) is 9.73. The molecule has 0 N–H and O–H groups in total. The van der Waals surface area contributed by atoms with E-state index in [1.165, 1.54) is 36.4 Å². The van der Waals surface area contributed by atoms with Crippen LogP contribution in [0.2, 0.25) is 0 Å². The highest BCUT2D eigenvalue weighted by atomic mass is 32.1. The third-order valence-corrected chi connectivity index (χ3v) is 6.19. The minimum atomic E-state index is 0.332. The van der Waals surface area contributed by atoms with E-state index < -0.39 is 0 Å². The molecule has 25 heavy (non-hydrogen) atoms. The van der Waals surface area contributed by atoms with Crippen molar-refractivity contribution in [2.24, 2.45) is 0 Å². The number of hydrogen-bond donors (Lipinski definition) is 0. The molecule has 0 unspecified atom stereocenters. The molecule has 1 aromatic heterocycles. The first kappa shape index (κ1) is 18.8. The van der Waals surface area contributed by atoms with E-state index in [4.69, 9.17) is 4.98 Å². The summed E-state index contributed by atoms with van der Waals surface area (Å²) in [5, 5.41) is 3.47.